The second-order valence-electron chi connectivity index (χ2n) is 7.77. The molecule has 2 aromatic rings. The van der Waals surface area contributed by atoms with Crippen LogP contribution in [0.2, 0.25) is 0 Å². The molecule has 1 amide bonds. The molecular formula is C25H30N2O4. The zero-order chi connectivity index (χ0) is 22.3. The van der Waals surface area contributed by atoms with Crippen LogP contribution >= 0.6 is 0 Å². The Hall–Kier alpha value is -3.12. The van der Waals surface area contributed by atoms with Gasteiger partial charge >= 0.3 is 0 Å². The van der Waals surface area contributed by atoms with E-state index in [2.05, 4.69) is 0 Å². The average Bonchev–Trinajstić information content (AvgIpc) is 3.11. The summed E-state index contributed by atoms with van der Waals surface area (Å²) < 4.78 is 11.7. The van der Waals surface area contributed by atoms with Gasteiger partial charge in [-0.05, 0) is 36.8 Å². The van der Waals surface area contributed by atoms with Crippen LogP contribution in [0.5, 0.6) is 5.75 Å². The fourth-order valence-electron chi connectivity index (χ4n) is 3.49. The molecule has 3 rings (SSSR count). The maximum absolute atomic E-state index is 13.2. The van der Waals surface area contributed by atoms with Crippen molar-refractivity contribution < 1.29 is 19.4 Å². The molecule has 0 saturated heterocycles. The maximum Gasteiger partial charge on any atom is 0.254 e. The molecule has 6 heteroatoms. The highest BCUT2D eigenvalue weighted by Crippen LogP contribution is 2.34. The number of nitrogens with zero attached hydrogens (tertiary/aromatic N) is 2. The smallest absolute Gasteiger partial charge is 0.254 e. The number of amides is 1. The van der Waals surface area contributed by atoms with E-state index in [0.717, 1.165) is 11.1 Å². The fourth-order valence-corrected chi connectivity index (χ4v) is 3.49. The van der Waals surface area contributed by atoms with E-state index in [1.807, 2.05) is 73.7 Å². The van der Waals surface area contributed by atoms with Gasteiger partial charge in [-0.3, -0.25) is 4.79 Å². The quantitative estimate of drug-likeness (QED) is 0.628. The predicted molar refractivity (Wildman–Crippen MR) is 122 cm³/mol. The standard InChI is InChI=1S/C25H30N2O4/c1-19-25(24(29)27(2)3,16-7-11-20-9-5-4-6-10-20)26-23(31-19)21-12-14-22(15-13-21)30-18-8-17-28/h4-7,9-15,19,28H,8,16-18H2,1-3H3/b11-7+/t19-,25-/m1/s1. The molecule has 0 aromatic heterocycles. The van der Waals surface area contributed by atoms with Crippen molar-refractivity contribution in [1.29, 1.82) is 0 Å². The van der Waals surface area contributed by atoms with Crippen LogP contribution in [0.1, 0.15) is 30.9 Å². The van der Waals surface area contributed by atoms with Gasteiger partial charge < -0.3 is 19.5 Å². The number of ether oxygens (including phenoxy) is 2. The Labute approximate surface area is 183 Å². The lowest BCUT2D eigenvalue weighted by Crippen LogP contribution is -2.50. The minimum Gasteiger partial charge on any atom is -0.494 e. The molecule has 0 bridgehead atoms. The van der Waals surface area contributed by atoms with E-state index >= 15 is 0 Å². The van der Waals surface area contributed by atoms with Crippen molar-refractivity contribution in [3.63, 3.8) is 0 Å². The Balaban J connectivity index is 1.83. The summed E-state index contributed by atoms with van der Waals surface area (Å²) in [5.41, 5.74) is 0.852. The van der Waals surface area contributed by atoms with Gasteiger partial charge in [0.05, 0.1) is 6.61 Å². The van der Waals surface area contributed by atoms with Crippen molar-refractivity contribution >= 4 is 17.9 Å². The largest absolute Gasteiger partial charge is 0.494 e. The van der Waals surface area contributed by atoms with Crippen molar-refractivity contribution in [2.45, 2.75) is 31.4 Å². The summed E-state index contributed by atoms with van der Waals surface area (Å²) in [6.45, 7) is 2.44. The number of rotatable bonds is 9. The van der Waals surface area contributed by atoms with Crippen molar-refractivity contribution in [1.82, 2.24) is 4.90 Å². The molecule has 0 saturated carbocycles. The molecule has 0 unspecified atom stereocenters. The lowest BCUT2D eigenvalue weighted by Gasteiger charge is -2.29. The summed E-state index contributed by atoms with van der Waals surface area (Å²) in [5.74, 6) is 1.08. The van der Waals surface area contributed by atoms with Gasteiger partial charge in [0.2, 0.25) is 5.90 Å². The highest BCUT2D eigenvalue weighted by atomic mass is 16.5. The van der Waals surface area contributed by atoms with Crippen molar-refractivity contribution in [3.05, 3.63) is 71.8 Å². The van der Waals surface area contributed by atoms with Gasteiger partial charge in [0, 0.05) is 39.1 Å². The van der Waals surface area contributed by atoms with E-state index in [1.165, 1.54) is 0 Å². The topological polar surface area (TPSA) is 71.4 Å². The van der Waals surface area contributed by atoms with Crippen molar-refractivity contribution in [2.24, 2.45) is 4.99 Å². The zero-order valence-electron chi connectivity index (χ0n) is 18.3. The number of likely N-dealkylation sites (N-methyl/N-ethyl adjacent to an activating group) is 1. The maximum atomic E-state index is 13.2. The molecular weight excluding hydrogens is 392 g/mol. The average molecular weight is 423 g/mol. The van der Waals surface area contributed by atoms with Gasteiger partial charge in [0.15, 0.2) is 5.54 Å². The Bertz CT molecular complexity index is 922. The van der Waals surface area contributed by atoms with E-state index in [-0.39, 0.29) is 12.5 Å². The number of aliphatic hydroxyl groups excluding tert-OH is 1. The number of hydrogen-bond donors (Lipinski definition) is 1. The molecule has 31 heavy (non-hydrogen) atoms. The van der Waals surface area contributed by atoms with E-state index in [0.29, 0.717) is 31.1 Å². The van der Waals surface area contributed by atoms with Crippen LogP contribution in [0.4, 0.5) is 0 Å². The van der Waals surface area contributed by atoms with Crippen LogP contribution in [-0.4, -0.2) is 60.8 Å². The molecule has 0 aliphatic carbocycles. The second kappa shape index (κ2) is 10.3. The van der Waals surface area contributed by atoms with Crippen molar-refractivity contribution in [2.75, 3.05) is 27.3 Å². The van der Waals surface area contributed by atoms with Crippen LogP contribution in [-0.2, 0) is 9.53 Å². The molecule has 0 fully saturated rings. The number of aliphatic hydroxyl groups is 1. The number of carbonyl (C=O) groups excluding carboxylic acids is 1. The Morgan fingerprint density at radius 2 is 1.90 bits per heavy atom. The summed E-state index contributed by atoms with van der Waals surface area (Å²) in [4.78, 5) is 19.5. The fraction of sp³-hybridized carbons (Fsp3) is 0.360. The van der Waals surface area contributed by atoms with E-state index < -0.39 is 11.6 Å². The first-order valence-electron chi connectivity index (χ1n) is 10.5. The number of aliphatic imine (C=N–C) groups is 1. The number of benzene rings is 2. The summed E-state index contributed by atoms with van der Waals surface area (Å²) in [7, 11) is 3.48. The molecule has 164 valence electrons. The van der Waals surface area contributed by atoms with Gasteiger partial charge in [-0.25, -0.2) is 4.99 Å². The lowest BCUT2D eigenvalue weighted by atomic mass is 9.88. The minimum absolute atomic E-state index is 0.0864. The monoisotopic (exact) mass is 422 g/mol. The predicted octanol–water partition coefficient (Wildman–Crippen LogP) is 3.54. The summed E-state index contributed by atoms with van der Waals surface area (Å²) in [6, 6.07) is 17.4. The first-order valence-corrected chi connectivity index (χ1v) is 10.5. The Morgan fingerprint density at radius 1 is 1.19 bits per heavy atom. The highest BCUT2D eigenvalue weighted by molar-refractivity contribution is 6.00. The third-order valence-corrected chi connectivity index (χ3v) is 5.25. The zero-order valence-corrected chi connectivity index (χ0v) is 18.3. The third-order valence-electron chi connectivity index (χ3n) is 5.25. The number of hydrogen-bond acceptors (Lipinski definition) is 5. The molecule has 6 nitrogen and oxygen atoms in total. The van der Waals surface area contributed by atoms with Crippen LogP contribution in [0.25, 0.3) is 6.08 Å². The van der Waals surface area contributed by atoms with E-state index in [4.69, 9.17) is 19.6 Å². The van der Waals surface area contributed by atoms with Gasteiger partial charge in [-0.1, -0.05) is 42.5 Å². The normalized spacial score (nSPS) is 20.4. The first-order chi connectivity index (χ1) is 15.0. The minimum atomic E-state index is -1.01. The van der Waals surface area contributed by atoms with Crippen LogP contribution < -0.4 is 4.74 Å². The molecule has 0 spiro atoms. The molecule has 0 radical (unpaired) electrons. The van der Waals surface area contributed by atoms with Crippen LogP contribution in [0.15, 0.2) is 65.7 Å². The van der Waals surface area contributed by atoms with Gasteiger partial charge in [-0.2, -0.15) is 0 Å². The molecule has 1 aliphatic heterocycles. The lowest BCUT2D eigenvalue weighted by molar-refractivity contribution is -0.136. The summed E-state index contributed by atoms with van der Waals surface area (Å²) in [5, 5.41) is 8.87. The molecule has 2 aromatic carbocycles. The summed E-state index contributed by atoms with van der Waals surface area (Å²) >= 11 is 0. The van der Waals surface area contributed by atoms with Crippen LogP contribution in [0, 0.1) is 0 Å². The van der Waals surface area contributed by atoms with E-state index in [1.54, 1.807) is 19.0 Å². The molecule has 1 aliphatic rings. The van der Waals surface area contributed by atoms with Crippen LogP contribution in [0.3, 0.4) is 0 Å². The van der Waals surface area contributed by atoms with Gasteiger partial charge in [0.1, 0.15) is 11.9 Å². The number of carbonyl (C=O) groups is 1. The van der Waals surface area contributed by atoms with Crippen molar-refractivity contribution in [3.8, 4) is 5.75 Å². The van der Waals surface area contributed by atoms with Gasteiger partial charge in [0.25, 0.3) is 5.91 Å². The van der Waals surface area contributed by atoms with E-state index in [9.17, 15) is 4.79 Å². The van der Waals surface area contributed by atoms with Gasteiger partial charge in [-0.15, -0.1) is 0 Å². The Kier molecular flexibility index (Phi) is 7.47. The molecule has 1 N–H and O–H groups in total. The third kappa shape index (κ3) is 5.33. The summed E-state index contributed by atoms with van der Waals surface area (Å²) in [6.07, 6.45) is 4.61. The Morgan fingerprint density at radius 3 is 2.55 bits per heavy atom. The SMILES string of the molecule is C[C@H]1OC(c2ccc(OCCCO)cc2)=N[C@@]1(C/C=C/c1ccccc1)C(=O)N(C)C. The highest BCUT2D eigenvalue weighted by Gasteiger charge is 2.50. The molecule has 1 heterocycles. The first kappa shape index (κ1) is 22.6. The second-order valence-corrected chi connectivity index (χ2v) is 7.77. The molecule has 2 atom stereocenters.